The number of benzene rings is 1. The Hall–Kier alpha value is -2.04. The van der Waals surface area contributed by atoms with Gasteiger partial charge in [-0.15, -0.1) is 0 Å². The zero-order valence-electron chi connectivity index (χ0n) is 13.0. The highest BCUT2D eigenvalue weighted by molar-refractivity contribution is 6.30. The van der Waals surface area contributed by atoms with Crippen LogP contribution < -0.4 is 9.80 Å². The van der Waals surface area contributed by atoms with Gasteiger partial charge in [0.05, 0.1) is 43.5 Å². The molecule has 0 atom stereocenters. The first kappa shape index (κ1) is 14.5. The molecule has 0 aliphatic carbocycles. The van der Waals surface area contributed by atoms with Crippen LogP contribution in [-0.2, 0) is 6.54 Å². The van der Waals surface area contributed by atoms with Gasteiger partial charge in [-0.05, 0) is 36.4 Å². The van der Waals surface area contributed by atoms with Crippen molar-refractivity contribution >= 4 is 22.8 Å². The topological polar surface area (TPSA) is 25.0 Å². The molecule has 5 heteroatoms. The maximum Gasteiger partial charge on any atom is 0.107 e. The Bertz CT molecular complexity index is 788. The Labute approximate surface area is 140 Å². The highest BCUT2D eigenvalue weighted by Gasteiger charge is 2.21. The number of halogens is 1. The number of piperazine rings is 1. The lowest BCUT2D eigenvalue weighted by molar-refractivity contribution is -0.914. The third-order valence-corrected chi connectivity index (χ3v) is 4.86. The third kappa shape index (κ3) is 3.05. The standard InChI is InChI=1S/C18H19ClN4/c19-16-4-6-17(7-5-16)22-11-9-21(10-12-22)14-15-13-20-23-8-2-1-3-18(15)23/h1-8,13H,9-12,14H2/p+1. The average Bonchev–Trinajstić information content (AvgIpc) is 3.00. The van der Waals surface area contributed by atoms with Gasteiger partial charge >= 0.3 is 0 Å². The first-order chi connectivity index (χ1) is 11.3. The van der Waals surface area contributed by atoms with E-state index in [1.165, 1.54) is 16.8 Å². The van der Waals surface area contributed by atoms with Gasteiger partial charge in [0.15, 0.2) is 0 Å². The Morgan fingerprint density at radius 1 is 1.04 bits per heavy atom. The molecular formula is C18H20ClN4+. The predicted octanol–water partition coefficient (Wildman–Crippen LogP) is 1.89. The minimum absolute atomic E-state index is 0.797. The number of nitrogens with one attached hydrogen (secondary N) is 1. The van der Waals surface area contributed by atoms with E-state index in [0.29, 0.717) is 0 Å². The van der Waals surface area contributed by atoms with Crippen molar-refractivity contribution in [2.24, 2.45) is 0 Å². The molecule has 1 fully saturated rings. The van der Waals surface area contributed by atoms with Gasteiger partial charge in [0.2, 0.25) is 0 Å². The summed E-state index contributed by atoms with van der Waals surface area (Å²) in [6, 6.07) is 14.4. The van der Waals surface area contributed by atoms with E-state index in [2.05, 4.69) is 34.3 Å². The lowest BCUT2D eigenvalue weighted by Crippen LogP contribution is -3.13. The molecule has 1 aromatic carbocycles. The highest BCUT2D eigenvalue weighted by Crippen LogP contribution is 2.17. The van der Waals surface area contributed by atoms with Crippen molar-refractivity contribution in [1.82, 2.24) is 9.61 Å². The zero-order chi connectivity index (χ0) is 15.6. The molecular weight excluding hydrogens is 308 g/mol. The number of fused-ring (bicyclic) bond motifs is 1. The second kappa shape index (κ2) is 6.22. The molecule has 0 saturated carbocycles. The van der Waals surface area contributed by atoms with Gasteiger partial charge < -0.3 is 9.80 Å². The summed E-state index contributed by atoms with van der Waals surface area (Å²) >= 11 is 5.97. The molecule has 4 rings (SSSR count). The predicted molar refractivity (Wildman–Crippen MR) is 93.3 cm³/mol. The Kier molecular flexibility index (Phi) is 3.93. The Balaban J connectivity index is 1.41. The third-order valence-electron chi connectivity index (χ3n) is 4.61. The average molecular weight is 328 g/mol. The second-order valence-corrected chi connectivity index (χ2v) is 6.53. The minimum Gasteiger partial charge on any atom is -0.360 e. The van der Waals surface area contributed by atoms with Crippen LogP contribution in [0.4, 0.5) is 5.69 Å². The molecule has 0 unspecified atom stereocenters. The van der Waals surface area contributed by atoms with Crippen LogP contribution >= 0.6 is 11.6 Å². The van der Waals surface area contributed by atoms with E-state index in [9.17, 15) is 0 Å². The van der Waals surface area contributed by atoms with Crippen molar-refractivity contribution in [3.8, 4) is 0 Å². The van der Waals surface area contributed by atoms with Crippen LogP contribution in [0.5, 0.6) is 0 Å². The van der Waals surface area contributed by atoms with E-state index < -0.39 is 0 Å². The fraction of sp³-hybridized carbons (Fsp3) is 0.278. The van der Waals surface area contributed by atoms with Crippen molar-refractivity contribution in [2.45, 2.75) is 6.54 Å². The van der Waals surface area contributed by atoms with Gasteiger partial charge in [-0.1, -0.05) is 17.7 Å². The fourth-order valence-corrected chi connectivity index (χ4v) is 3.43. The molecule has 118 valence electrons. The molecule has 0 bridgehead atoms. The van der Waals surface area contributed by atoms with Crippen LogP contribution in [0.15, 0.2) is 54.9 Å². The van der Waals surface area contributed by atoms with Crippen LogP contribution in [-0.4, -0.2) is 35.8 Å². The molecule has 3 heterocycles. The summed E-state index contributed by atoms with van der Waals surface area (Å²) < 4.78 is 1.96. The fourth-order valence-electron chi connectivity index (χ4n) is 3.30. The Morgan fingerprint density at radius 2 is 1.83 bits per heavy atom. The maximum absolute atomic E-state index is 5.97. The quantitative estimate of drug-likeness (QED) is 0.794. The highest BCUT2D eigenvalue weighted by atomic mass is 35.5. The van der Waals surface area contributed by atoms with Gasteiger partial charge in [-0.2, -0.15) is 5.10 Å². The molecule has 0 radical (unpaired) electrons. The minimum atomic E-state index is 0.797. The van der Waals surface area contributed by atoms with Crippen molar-refractivity contribution < 1.29 is 4.90 Å². The number of hydrogen-bond donors (Lipinski definition) is 1. The van der Waals surface area contributed by atoms with Crippen molar-refractivity contribution in [3.05, 3.63) is 65.4 Å². The van der Waals surface area contributed by atoms with Gasteiger partial charge in [0.25, 0.3) is 0 Å². The SMILES string of the molecule is Clc1ccc(N2CC[NH+](Cc3cnn4ccccc34)CC2)cc1. The molecule has 23 heavy (non-hydrogen) atoms. The molecule has 1 aliphatic rings. The molecule has 1 N–H and O–H groups in total. The molecule has 3 aromatic rings. The van der Waals surface area contributed by atoms with Gasteiger partial charge in [-0.3, -0.25) is 0 Å². The van der Waals surface area contributed by atoms with Crippen LogP contribution in [0.1, 0.15) is 5.56 Å². The monoisotopic (exact) mass is 327 g/mol. The molecule has 4 nitrogen and oxygen atoms in total. The van der Waals surface area contributed by atoms with Crippen LogP contribution in [0.25, 0.3) is 5.52 Å². The van der Waals surface area contributed by atoms with E-state index in [1.807, 2.05) is 35.1 Å². The number of pyridine rings is 1. The first-order valence-electron chi connectivity index (χ1n) is 8.05. The van der Waals surface area contributed by atoms with Crippen molar-refractivity contribution in [2.75, 3.05) is 31.1 Å². The summed E-state index contributed by atoms with van der Waals surface area (Å²) in [5.74, 6) is 0. The van der Waals surface area contributed by atoms with Crippen molar-refractivity contribution in [1.29, 1.82) is 0 Å². The number of anilines is 1. The summed E-state index contributed by atoms with van der Waals surface area (Å²) in [5.41, 5.74) is 3.82. The van der Waals surface area contributed by atoms with Crippen LogP contribution in [0.3, 0.4) is 0 Å². The zero-order valence-corrected chi connectivity index (χ0v) is 13.7. The molecule has 2 aromatic heterocycles. The summed E-state index contributed by atoms with van der Waals surface area (Å²) in [4.78, 5) is 4.06. The van der Waals surface area contributed by atoms with Crippen molar-refractivity contribution in [3.63, 3.8) is 0 Å². The number of nitrogens with zero attached hydrogens (tertiary/aromatic N) is 3. The lowest BCUT2D eigenvalue weighted by Gasteiger charge is -2.33. The van der Waals surface area contributed by atoms with Crippen LogP contribution in [0.2, 0.25) is 5.02 Å². The van der Waals surface area contributed by atoms with E-state index in [-0.39, 0.29) is 0 Å². The van der Waals surface area contributed by atoms with E-state index >= 15 is 0 Å². The number of quaternary nitrogens is 1. The van der Waals surface area contributed by atoms with Gasteiger partial charge in [0.1, 0.15) is 6.54 Å². The van der Waals surface area contributed by atoms with Gasteiger partial charge in [-0.25, -0.2) is 4.52 Å². The molecule has 1 saturated heterocycles. The number of rotatable bonds is 3. The number of aromatic nitrogens is 2. The summed E-state index contributed by atoms with van der Waals surface area (Å²) in [6.07, 6.45) is 4.01. The van der Waals surface area contributed by atoms with Crippen LogP contribution in [0, 0.1) is 0 Å². The summed E-state index contributed by atoms with van der Waals surface area (Å²) in [5, 5.41) is 5.23. The molecule has 0 amide bonds. The van der Waals surface area contributed by atoms with E-state index in [4.69, 9.17) is 11.6 Å². The van der Waals surface area contributed by atoms with E-state index in [0.717, 1.165) is 37.7 Å². The van der Waals surface area contributed by atoms with Gasteiger partial charge in [0, 0.05) is 16.9 Å². The molecule has 0 spiro atoms. The Morgan fingerprint density at radius 3 is 2.61 bits per heavy atom. The molecule has 1 aliphatic heterocycles. The summed E-state index contributed by atoms with van der Waals surface area (Å²) in [7, 11) is 0. The first-order valence-corrected chi connectivity index (χ1v) is 8.43. The number of hydrogen-bond acceptors (Lipinski definition) is 2. The normalized spacial score (nSPS) is 16.1. The lowest BCUT2D eigenvalue weighted by atomic mass is 10.2. The maximum atomic E-state index is 5.97. The van der Waals surface area contributed by atoms with E-state index in [1.54, 1.807) is 4.90 Å². The summed E-state index contributed by atoms with van der Waals surface area (Å²) in [6.45, 7) is 5.49. The smallest absolute Gasteiger partial charge is 0.107 e. The largest absolute Gasteiger partial charge is 0.360 e. The second-order valence-electron chi connectivity index (χ2n) is 6.09.